The zero-order chi connectivity index (χ0) is 51.1. The topological polar surface area (TPSA) is 9.23 Å². The van der Waals surface area contributed by atoms with Gasteiger partial charge in [0.15, 0.2) is 0 Å². The maximum atomic E-state index is 7.22. The summed E-state index contributed by atoms with van der Waals surface area (Å²) in [6.07, 6.45) is 40.9. The van der Waals surface area contributed by atoms with Gasteiger partial charge in [0.1, 0.15) is 11.5 Å². The number of hydrogen-bond acceptors (Lipinski definition) is 1. The first-order valence-corrected chi connectivity index (χ1v) is 28.4. The Hall–Kier alpha value is -6.74. The standard InChI is InChI=1S/C60H46O.C12H25.Ca/c1-7-19-47(20-8-1)31-37-53-39-45-59(57(43-35-51-27-15-5-16-28-51)55(53)41-33-49-23-11-3-12-24-49)61-60-46-40-54(38-32-48-21-9-2-10-22-48)56(42-34-50-25-13-4-14-26-50)58(60)44-36-52-29-17-6-18-30-52;1-3-5-7-9-11-12-10-8-6-4-2;/h1-46H;1,3-12H2,2H3;. The molecule has 0 aliphatic rings. The Bertz CT molecular complexity index is 2810. The average molecular weight is 992 g/mol. The van der Waals surface area contributed by atoms with E-state index >= 15 is 0 Å². The van der Waals surface area contributed by atoms with Crippen molar-refractivity contribution >= 4 is 109 Å². The molecule has 0 aromatic heterocycles. The third-order valence-corrected chi connectivity index (χ3v) is 13.6. The summed E-state index contributed by atoms with van der Waals surface area (Å²) >= 11 is 1.50. The molecular formula is C72H71CaO. The van der Waals surface area contributed by atoms with Crippen LogP contribution in [0.15, 0.2) is 206 Å². The van der Waals surface area contributed by atoms with E-state index in [1.54, 1.807) is 0 Å². The fraction of sp³-hybridized carbons (Fsp3) is 0.167. The summed E-state index contributed by atoms with van der Waals surface area (Å²) in [4.78, 5) is 0. The summed E-state index contributed by atoms with van der Waals surface area (Å²) in [6, 6.07) is 71.0. The quantitative estimate of drug-likeness (QED) is 0.0333. The number of hydrogen-bond donors (Lipinski definition) is 0. The van der Waals surface area contributed by atoms with Crippen molar-refractivity contribution < 1.29 is 4.74 Å². The average Bonchev–Trinajstić information content (AvgIpc) is 3.46. The Balaban J connectivity index is 0.000000543. The predicted octanol–water partition coefficient (Wildman–Crippen LogP) is 21.0. The van der Waals surface area contributed by atoms with Gasteiger partial charge in [0, 0.05) is 11.1 Å². The molecule has 0 amide bonds. The Morgan fingerprint density at radius 3 is 0.811 bits per heavy atom. The third-order valence-electron chi connectivity index (χ3n) is 12.9. The van der Waals surface area contributed by atoms with Crippen molar-refractivity contribution in [1.29, 1.82) is 0 Å². The SMILES string of the molecule is C(=Cc1ccc(Oc2ccc(C=Cc3ccccc3)c(C=Cc3ccccc3)c2C=Cc2ccccc2)c(C=Cc2ccccc2)c1C=Cc1ccccc1)c1ccccc1.CCCCCCCCCCC[CH2][Ca]. The number of rotatable bonds is 24. The number of unbranched alkanes of at least 4 members (excludes halogenated alkanes) is 9. The molecule has 0 atom stereocenters. The first-order valence-electron chi connectivity index (χ1n) is 26.9. The first kappa shape index (κ1) is 55.0. The van der Waals surface area contributed by atoms with Crippen LogP contribution in [-0.2, 0) is 0 Å². The summed E-state index contributed by atoms with van der Waals surface area (Å²) in [7, 11) is 0. The molecule has 0 fully saturated rings. The molecule has 1 radical (unpaired) electrons. The monoisotopic (exact) mass is 992 g/mol. The summed E-state index contributed by atoms with van der Waals surface area (Å²) in [5.74, 6) is 1.49. The van der Waals surface area contributed by atoms with Crippen LogP contribution in [0.5, 0.6) is 11.5 Å². The van der Waals surface area contributed by atoms with Gasteiger partial charge >= 0.3 is 109 Å². The van der Waals surface area contributed by atoms with Crippen LogP contribution in [0, 0.1) is 0 Å². The van der Waals surface area contributed by atoms with E-state index in [1.807, 2.05) is 36.4 Å². The fourth-order valence-corrected chi connectivity index (χ4v) is 9.26. The molecule has 0 N–H and O–H groups in total. The Kier molecular flexibility index (Phi) is 24.1. The van der Waals surface area contributed by atoms with Crippen molar-refractivity contribution in [2.75, 3.05) is 0 Å². The number of benzene rings is 8. The normalized spacial score (nSPS) is 11.6. The first-order chi connectivity index (χ1) is 36.7. The van der Waals surface area contributed by atoms with E-state index in [0.717, 1.165) is 78.3 Å². The predicted molar refractivity (Wildman–Crippen MR) is 328 cm³/mol. The van der Waals surface area contributed by atoms with E-state index in [4.69, 9.17) is 4.74 Å². The Morgan fingerprint density at radius 2 is 0.527 bits per heavy atom. The minimum absolute atomic E-state index is 0.747. The number of ether oxygens (including phenoxy) is 1. The molecule has 0 heterocycles. The van der Waals surface area contributed by atoms with Crippen molar-refractivity contribution in [3.8, 4) is 11.5 Å². The van der Waals surface area contributed by atoms with Gasteiger partial charge in [-0.2, -0.15) is 0 Å². The Labute approximate surface area is 467 Å². The molecule has 0 bridgehead atoms. The van der Waals surface area contributed by atoms with Gasteiger partial charge < -0.3 is 4.74 Å². The second-order valence-electron chi connectivity index (χ2n) is 18.6. The van der Waals surface area contributed by atoms with Gasteiger partial charge in [-0.1, -0.05) is 267 Å². The van der Waals surface area contributed by atoms with Gasteiger partial charge in [-0.05, 0) is 67.8 Å². The zero-order valence-corrected chi connectivity index (χ0v) is 45.7. The van der Waals surface area contributed by atoms with Gasteiger partial charge in [-0.25, -0.2) is 0 Å². The van der Waals surface area contributed by atoms with Gasteiger partial charge in [-0.3, -0.25) is 0 Å². The van der Waals surface area contributed by atoms with Crippen LogP contribution >= 0.6 is 0 Å². The maximum absolute atomic E-state index is 7.22. The zero-order valence-electron chi connectivity index (χ0n) is 43.5. The van der Waals surface area contributed by atoms with Gasteiger partial charge in [0.2, 0.25) is 0 Å². The molecule has 0 aliphatic carbocycles. The molecule has 8 aromatic rings. The van der Waals surface area contributed by atoms with E-state index in [-0.39, 0.29) is 0 Å². The van der Waals surface area contributed by atoms with Crippen LogP contribution < -0.4 is 4.74 Å². The molecule has 0 aliphatic heterocycles. The molecule has 0 spiro atoms. The van der Waals surface area contributed by atoms with E-state index in [9.17, 15) is 0 Å². The van der Waals surface area contributed by atoms with Crippen LogP contribution in [0.25, 0.3) is 72.9 Å². The second kappa shape index (κ2) is 32.4. The summed E-state index contributed by atoms with van der Waals surface area (Å²) < 4.78 is 8.72. The van der Waals surface area contributed by atoms with E-state index in [1.165, 1.54) is 103 Å². The van der Waals surface area contributed by atoms with Crippen molar-refractivity contribution in [2.45, 2.75) is 73.6 Å². The fourth-order valence-electron chi connectivity index (χ4n) is 8.71. The second-order valence-corrected chi connectivity index (χ2v) is 19.7. The van der Waals surface area contributed by atoms with Crippen molar-refractivity contribution in [3.05, 3.63) is 273 Å². The van der Waals surface area contributed by atoms with Gasteiger partial charge in [0.05, 0.1) is 0 Å². The van der Waals surface area contributed by atoms with Crippen LogP contribution in [0.1, 0.15) is 138 Å². The van der Waals surface area contributed by atoms with Crippen LogP contribution in [-0.4, -0.2) is 35.8 Å². The molecule has 2 heteroatoms. The molecule has 0 unspecified atom stereocenters. The summed E-state index contributed by atoms with van der Waals surface area (Å²) in [6.45, 7) is 2.29. The van der Waals surface area contributed by atoms with Gasteiger partial charge in [0.25, 0.3) is 0 Å². The summed E-state index contributed by atoms with van der Waals surface area (Å²) in [5.41, 5.74) is 12.9. The molecule has 8 aromatic carbocycles. The van der Waals surface area contributed by atoms with Crippen LogP contribution in [0.2, 0.25) is 2.52 Å². The molecule has 1 nitrogen and oxygen atoms in total. The molecule has 74 heavy (non-hydrogen) atoms. The Morgan fingerprint density at radius 1 is 0.270 bits per heavy atom. The molecule has 0 saturated carbocycles. The molecular weight excluding hydrogens is 921 g/mol. The van der Waals surface area contributed by atoms with E-state index < -0.39 is 0 Å². The molecule has 0 saturated heterocycles. The molecule has 367 valence electrons. The summed E-state index contributed by atoms with van der Waals surface area (Å²) in [5, 5.41) is 0. The van der Waals surface area contributed by atoms with Crippen molar-refractivity contribution in [2.24, 2.45) is 0 Å². The van der Waals surface area contributed by atoms with E-state index in [0.29, 0.717) is 0 Å². The molecule has 8 rings (SSSR count). The minimum atomic E-state index is 0.747. The van der Waals surface area contributed by atoms with Crippen LogP contribution in [0.3, 0.4) is 0 Å². The van der Waals surface area contributed by atoms with Crippen LogP contribution in [0.4, 0.5) is 0 Å². The van der Waals surface area contributed by atoms with Crippen molar-refractivity contribution in [1.82, 2.24) is 0 Å². The van der Waals surface area contributed by atoms with E-state index in [2.05, 4.69) is 250 Å². The third kappa shape index (κ3) is 18.9. The van der Waals surface area contributed by atoms with Gasteiger partial charge in [-0.15, -0.1) is 0 Å². The van der Waals surface area contributed by atoms with Crippen molar-refractivity contribution in [3.63, 3.8) is 0 Å².